The van der Waals surface area contributed by atoms with Crippen molar-refractivity contribution in [1.82, 2.24) is 10.3 Å². The van der Waals surface area contributed by atoms with E-state index in [2.05, 4.69) is 53.7 Å². The van der Waals surface area contributed by atoms with Crippen LogP contribution in [0.25, 0.3) is 0 Å². The van der Waals surface area contributed by atoms with Gasteiger partial charge in [-0.25, -0.2) is 0 Å². The molecule has 0 amide bonds. The molecule has 29 heavy (non-hydrogen) atoms. The maximum Gasteiger partial charge on any atom is 0.0706 e. The Morgan fingerprint density at radius 3 is 2.48 bits per heavy atom. The molecule has 3 rings (SSSR count). The van der Waals surface area contributed by atoms with Gasteiger partial charge in [-0.3, -0.25) is 10.4 Å². The lowest BCUT2D eigenvalue weighted by atomic mass is 9.97. The van der Waals surface area contributed by atoms with Crippen molar-refractivity contribution >= 4 is 17.1 Å². The molecule has 1 heterocycles. The molecule has 150 valence electrons. The van der Waals surface area contributed by atoms with E-state index in [1.54, 1.807) is 6.20 Å². The Labute approximate surface area is 172 Å². The van der Waals surface area contributed by atoms with Crippen LogP contribution in [0.2, 0.25) is 0 Å². The molecular formula is C24H29N5. The molecule has 3 aromatic rings. The van der Waals surface area contributed by atoms with Crippen molar-refractivity contribution in [2.75, 3.05) is 18.1 Å². The first kappa shape index (κ1) is 20.6. The van der Waals surface area contributed by atoms with Gasteiger partial charge >= 0.3 is 0 Å². The lowest BCUT2D eigenvalue weighted by Gasteiger charge is -2.21. The topological polar surface area (TPSA) is 86.8 Å². The quantitative estimate of drug-likeness (QED) is 0.353. The summed E-state index contributed by atoms with van der Waals surface area (Å²) < 4.78 is 0. The smallest absolute Gasteiger partial charge is 0.0706 e. The fraction of sp³-hybridized carbons (Fsp3) is 0.250. The number of aromatic nitrogens is 1. The van der Waals surface area contributed by atoms with Gasteiger partial charge in [0.15, 0.2) is 0 Å². The fourth-order valence-corrected chi connectivity index (χ4v) is 3.38. The number of aryl methyl sites for hydroxylation is 2. The molecule has 2 aromatic carbocycles. The predicted molar refractivity (Wildman–Crippen MR) is 122 cm³/mol. The number of anilines is 2. The van der Waals surface area contributed by atoms with E-state index in [-0.39, 0.29) is 6.04 Å². The van der Waals surface area contributed by atoms with Crippen LogP contribution in [0.15, 0.2) is 54.7 Å². The average molecular weight is 388 g/mol. The van der Waals surface area contributed by atoms with Crippen LogP contribution in [-0.4, -0.2) is 17.7 Å². The molecule has 1 atom stereocenters. The lowest BCUT2D eigenvalue weighted by molar-refractivity contribution is 0.810. The SMILES string of the molecule is CNCc1cc(C(=N)c2ccnc(C)c2)c(N)cc1NC(C)c1ccc(C)cc1. The van der Waals surface area contributed by atoms with E-state index < -0.39 is 0 Å². The molecule has 1 unspecified atom stereocenters. The minimum atomic E-state index is 0.138. The molecule has 5 nitrogen and oxygen atoms in total. The van der Waals surface area contributed by atoms with Gasteiger partial charge < -0.3 is 16.4 Å². The van der Waals surface area contributed by atoms with Crippen LogP contribution in [-0.2, 0) is 6.54 Å². The Morgan fingerprint density at radius 2 is 1.83 bits per heavy atom. The number of nitrogens with one attached hydrogen (secondary N) is 3. The largest absolute Gasteiger partial charge is 0.398 e. The van der Waals surface area contributed by atoms with Crippen LogP contribution in [0, 0.1) is 19.3 Å². The van der Waals surface area contributed by atoms with Crippen LogP contribution in [0.3, 0.4) is 0 Å². The minimum absolute atomic E-state index is 0.138. The number of rotatable bonds is 7. The Bertz CT molecular complexity index is 1010. The van der Waals surface area contributed by atoms with E-state index in [0.717, 1.165) is 28.1 Å². The first-order chi connectivity index (χ1) is 13.9. The molecule has 0 bridgehead atoms. The molecule has 5 heteroatoms. The van der Waals surface area contributed by atoms with Crippen molar-refractivity contribution < 1.29 is 0 Å². The molecule has 0 saturated carbocycles. The number of nitrogens with two attached hydrogens (primary N) is 1. The summed E-state index contributed by atoms with van der Waals surface area (Å²) in [5.41, 5.74) is 14.3. The van der Waals surface area contributed by atoms with Crippen molar-refractivity contribution in [3.63, 3.8) is 0 Å². The van der Waals surface area contributed by atoms with Crippen molar-refractivity contribution in [2.24, 2.45) is 0 Å². The summed E-state index contributed by atoms with van der Waals surface area (Å²) in [6.45, 7) is 6.83. The molecule has 5 N–H and O–H groups in total. The van der Waals surface area contributed by atoms with Gasteiger partial charge in [0.1, 0.15) is 0 Å². The first-order valence-electron chi connectivity index (χ1n) is 9.81. The molecule has 0 aliphatic rings. The number of nitrogens with zero attached hydrogens (tertiary/aromatic N) is 1. The average Bonchev–Trinajstić information content (AvgIpc) is 2.70. The Morgan fingerprint density at radius 1 is 1.10 bits per heavy atom. The van der Waals surface area contributed by atoms with Crippen molar-refractivity contribution in [3.05, 3.63) is 88.2 Å². The van der Waals surface area contributed by atoms with Gasteiger partial charge in [-0.2, -0.15) is 0 Å². The van der Waals surface area contributed by atoms with E-state index in [1.807, 2.05) is 38.2 Å². The zero-order chi connectivity index (χ0) is 21.0. The Balaban J connectivity index is 1.93. The predicted octanol–water partition coefficient (Wildman–Crippen LogP) is 4.59. The van der Waals surface area contributed by atoms with Crippen LogP contribution < -0.4 is 16.4 Å². The highest BCUT2D eigenvalue weighted by atomic mass is 14.9. The highest BCUT2D eigenvalue weighted by Crippen LogP contribution is 2.29. The van der Waals surface area contributed by atoms with Gasteiger partial charge in [0.25, 0.3) is 0 Å². The number of hydrogen-bond donors (Lipinski definition) is 4. The number of hydrogen-bond acceptors (Lipinski definition) is 5. The van der Waals surface area contributed by atoms with Crippen LogP contribution in [0.5, 0.6) is 0 Å². The second-order valence-corrected chi connectivity index (χ2v) is 7.46. The molecule has 0 aliphatic heterocycles. The van der Waals surface area contributed by atoms with E-state index in [9.17, 15) is 0 Å². The molecule has 0 saturated heterocycles. The maximum absolute atomic E-state index is 8.66. The van der Waals surface area contributed by atoms with E-state index in [0.29, 0.717) is 17.9 Å². The van der Waals surface area contributed by atoms with E-state index in [1.165, 1.54) is 11.1 Å². The summed E-state index contributed by atoms with van der Waals surface area (Å²) >= 11 is 0. The summed E-state index contributed by atoms with van der Waals surface area (Å²) in [5.74, 6) is 0. The number of pyridine rings is 1. The molecular weight excluding hydrogens is 358 g/mol. The van der Waals surface area contributed by atoms with E-state index >= 15 is 0 Å². The monoisotopic (exact) mass is 387 g/mol. The fourth-order valence-electron chi connectivity index (χ4n) is 3.38. The zero-order valence-electron chi connectivity index (χ0n) is 17.5. The second-order valence-electron chi connectivity index (χ2n) is 7.46. The van der Waals surface area contributed by atoms with Crippen LogP contribution >= 0.6 is 0 Å². The van der Waals surface area contributed by atoms with Gasteiger partial charge in [0, 0.05) is 47.0 Å². The lowest BCUT2D eigenvalue weighted by Crippen LogP contribution is -2.15. The molecule has 0 spiro atoms. The third kappa shape index (κ3) is 4.81. The molecule has 1 aromatic heterocycles. The number of nitrogen functional groups attached to an aromatic ring is 1. The van der Waals surface area contributed by atoms with Crippen molar-refractivity contribution in [2.45, 2.75) is 33.4 Å². The van der Waals surface area contributed by atoms with Gasteiger partial charge in [0.2, 0.25) is 0 Å². The third-order valence-electron chi connectivity index (χ3n) is 5.05. The Hall–Kier alpha value is -3.18. The third-order valence-corrected chi connectivity index (χ3v) is 5.05. The van der Waals surface area contributed by atoms with Crippen LogP contribution in [0.4, 0.5) is 11.4 Å². The molecule has 0 radical (unpaired) electrons. The van der Waals surface area contributed by atoms with Gasteiger partial charge in [0.05, 0.1) is 5.71 Å². The summed E-state index contributed by atoms with van der Waals surface area (Å²) in [5, 5.41) is 15.5. The summed E-state index contributed by atoms with van der Waals surface area (Å²) in [7, 11) is 1.92. The highest BCUT2D eigenvalue weighted by molar-refractivity contribution is 6.14. The van der Waals surface area contributed by atoms with Crippen LogP contribution in [0.1, 0.15) is 46.5 Å². The summed E-state index contributed by atoms with van der Waals surface area (Å²) in [6.07, 6.45) is 1.73. The van der Waals surface area contributed by atoms with Gasteiger partial charge in [-0.1, -0.05) is 29.8 Å². The van der Waals surface area contributed by atoms with Crippen molar-refractivity contribution in [1.29, 1.82) is 5.41 Å². The maximum atomic E-state index is 8.66. The number of benzene rings is 2. The van der Waals surface area contributed by atoms with Crippen molar-refractivity contribution in [3.8, 4) is 0 Å². The zero-order valence-corrected chi connectivity index (χ0v) is 17.5. The van der Waals surface area contributed by atoms with Gasteiger partial charge in [-0.05, 0) is 63.2 Å². The summed E-state index contributed by atoms with van der Waals surface area (Å²) in [6, 6.07) is 16.4. The Kier molecular flexibility index (Phi) is 6.29. The molecule has 0 aliphatic carbocycles. The normalized spacial score (nSPS) is 11.9. The van der Waals surface area contributed by atoms with E-state index in [4.69, 9.17) is 11.1 Å². The minimum Gasteiger partial charge on any atom is -0.398 e. The van der Waals surface area contributed by atoms with Gasteiger partial charge in [-0.15, -0.1) is 0 Å². The first-order valence-corrected chi connectivity index (χ1v) is 9.81. The highest BCUT2D eigenvalue weighted by Gasteiger charge is 2.15. The summed E-state index contributed by atoms with van der Waals surface area (Å²) in [4.78, 5) is 4.22. The second kappa shape index (κ2) is 8.88. The standard InChI is InChI=1S/C24H29N5/c1-15-5-7-18(8-6-15)17(3)29-23-13-22(25)21(12-20(23)14-27-4)24(26)19-9-10-28-16(2)11-19/h5-13,17,26-27,29H,14,25H2,1-4H3. The molecule has 0 fully saturated rings.